The van der Waals surface area contributed by atoms with Crippen molar-refractivity contribution in [1.82, 2.24) is 19.9 Å². The van der Waals surface area contributed by atoms with Crippen LogP contribution in [0.4, 0.5) is 11.8 Å². The molecule has 0 aliphatic carbocycles. The number of hydrogen-bond donors (Lipinski definition) is 3. The van der Waals surface area contributed by atoms with Gasteiger partial charge in [-0.25, -0.2) is 4.98 Å². The number of fused-ring (bicyclic) bond motifs is 1. The fraction of sp³-hybridized carbons (Fsp3) is 0.214. The number of rotatable bonds is 5. The minimum Gasteiger partial charge on any atom is -0.364 e. The van der Waals surface area contributed by atoms with E-state index in [-0.39, 0.29) is 0 Å². The van der Waals surface area contributed by atoms with Crippen molar-refractivity contribution in [3.63, 3.8) is 0 Å². The van der Waals surface area contributed by atoms with Crippen LogP contribution < -0.4 is 10.6 Å². The highest BCUT2D eigenvalue weighted by Gasteiger charge is 2.09. The first-order chi connectivity index (χ1) is 10.3. The van der Waals surface area contributed by atoms with E-state index >= 15 is 0 Å². The van der Waals surface area contributed by atoms with E-state index in [9.17, 15) is 0 Å². The molecule has 0 saturated carbocycles. The molecular formula is C14H15ClN6. The average molecular weight is 303 g/mol. The van der Waals surface area contributed by atoms with Crippen molar-refractivity contribution >= 4 is 34.5 Å². The molecule has 0 bridgehead atoms. The Kier molecular flexibility index (Phi) is 3.87. The number of nitrogens with one attached hydrogen (secondary N) is 3. The van der Waals surface area contributed by atoms with E-state index in [2.05, 4.69) is 30.6 Å². The van der Waals surface area contributed by atoms with Crippen LogP contribution >= 0.6 is 11.6 Å². The summed E-state index contributed by atoms with van der Waals surface area (Å²) >= 11 is 5.99. The third-order valence-corrected chi connectivity index (χ3v) is 3.20. The van der Waals surface area contributed by atoms with Crippen LogP contribution in [-0.4, -0.2) is 26.5 Å². The fourth-order valence-electron chi connectivity index (χ4n) is 2.03. The molecule has 3 aromatic rings. The van der Waals surface area contributed by atoms with Crippen molar-refractivity contribution in [3.8, 4) is 0 Å². The van der Waals surface area contributed by atoms with Crippen LogP contribution in [0.1, 0.15) is 12.5 Å². The Bertz CT molecular complexity index is 754. The summed E-state index contributed by atoms with van der Waals surface area (Å²) in [4.78, 5) is 16.0. The number of aromatic amines is 1. The van der Waals surface area contributed by atoms with E-state index in [1.165, 1.54) is 0 Å². The first-order valence-electron chi connectivity index (χ1n) is 6.69. The Morgan fingerprint density at radius 1 is 1.24 bits per heavy atom. The van der Waals surface area contributed by atoms with Gasteiger partial charge < -0.3 is 15.6 Å². The zero-order valence-electron chi connectivity index (χ0n) is 11.5. The van der Waals surface area contributed by atoms with E-state index in [1.807, 2.05) is 31.2 Å². The van der Waals surface area contributed by atoms with E-state index in [0.29, 0.717) is 24.0 Å². The standard InChI is InChI=1S/C14H15ClN6/c1-2-16-14-20-12(11-13(21-14)19-8-18-11)17-7-9-4-3-5-10(15)6-9/h3-6,8H,2,7H2,1H3,(H3,16,17,18,19,20,21). The van der Waals surface area contributed by atoms with Gasteiger partial charge in [0, 0.05) is 18.1 Å². The predicted octanol–water partition coefficient (Wildman–Crippen LogP) is 3.05. The van der Waals surface area contributed by atoms with Crippen molar-refractivity contribution in [3.05, 3.63) is 41.2 Å². The molecule has 3 rings (SSSR count). The molecule has 7 heteroatoms. The molecule has 0 radical (unpaired) electrons. The molecule has 0 aliphatic rings. The van der Waals surface area contributed by atoms with E-state index < -0.39 is 0 Å². The summed E-state index contributed by atoms with van der Waals surface area (Å²) in [5.41, 5.74) is 2.51. The van der Waals surface area contributed by atoms with Crippen LogP contribution in [0.5, 0.6) is 0 Å². The molecule has 1 aromatic carbocycles. The van der Waals surface area contributed by atoms with Gasteiger partial charge >= 0.3 is 0 Å². The highest BCUT2D eigenvalue weighted by molar-refractivity contribution is 6.30. The molecule has 2 aromatic heterocycles. The maximum atomic E-state index is 5.99. The van der Waals surface area contributed by atoms with Crippen LogP contribution in [-0.2, 0) is 6.54 Å². The Hall–Kier alpha value is -2.34. The molecule has 0 saturated heterocycles. The zero-order chi connectivity index (χ0) is 14.7. The summed E-state index contributed by atoms with van der Waals surface area (Å²) in [5.74, 6) is 1.28. The van der Waals surface area contributed by atoms with Crippen molar-refractivity contribution in [2.75, 3.05) is 17.2 Å². The predicted molar refractivity (Wildman–Crippen MR) is 84.6 cm³/mol. The summed E-state index contributed by atoms with van der Waals surface area (Å²) in [6.45, 7) is 3.37. The lowest BCUT2D eigenvalue weighted by Crippen LogP contribution is -2.07. The van der Waals surface area contributed by atoms with Gasteiger partial charge in [-0.05, 0) is 24.6 Å². The highest BCUT2D eigenvalue weighted by atomic mass is 35.5. The number of H-pyrrole nitrogens is 1. The number of anilines is 2. The van der Waals surface area contributed by atoms with Gasteiger partial charge in [-0.1, -0.05) is 23.7 Å². The van der Waals surface area contributed by atoms with Crippen molar-refractivity contribution in [1.29, 1.82) is 0 Å². The maximum Gasteiger partial charge on any atom is 0.226 e. The van der Waals surface area contributed by atoms with Crippen LogP contribution in [0.3, 0.4) is 0 Å². The summed E-state index contributed by atoms with van der Waals surface area (Å²) in [6, 6.07) is 7.71. The molecule has 0 fully saturated rings. The summed E-state index contributed by atoms with van der Waals surface area (Å²) in [6.07, 6.45) is 1.61. The molecule has 0 spiro atoms. The third kappa shape index (κ3) is 3.05. The van der Waals surface area contributed by atoms with E-state index in [1.54, 1.807) is 6.33 Å². The van der Waals surface area contributed by atoms with Crippen molar-refractivity contribution in [2.24, 2.45) is 0 Å². The van der Waals surface area contributed by atoms with Gasteiger partial charge in [0.15, 0.2) is 11.5 Å². The number of aromatic nitrogens is 4. The molecule has 21 heavy (non-hydrogen) atoms. The number of nitrogens with zero attached hydrogens (tertiary/aromatic N) is 3. The largest absolute Gasteiger partial charge is 0.364 e. The average Bonchev–Trinajstić information content (AvgIpc) is 2.93. The second-order valence-electron chi connectivity index (χ2n) is 4.51. The fourth-order valence-corrected chi connectivity index (χ4v) is 2.24. The lowest BCUT2D eigenvalue weighted by atomic mass is 10.2. The normalized spacial score (nSPS) is 10.8. The second kappa shape index (κ2) is 5.97. The van der Waals surface area contributed by atoms with Crippen LogP contribution in [0.25, 0.3) is 11.2 Å². The topological polar surface area (TPSA) is 78.5 Å². The molecule has 108 valence electrons. The highest BCUT2D eigenvalue weighted by Crippen LogP contribution is 2.20. The van der Waals surface area contributed by atoms with E-state index in [4.69, 9.17) is 11.6 Å². The second-order valence-corrected chi connectivity index (χ2v) is 4.95. The smallest absolute Gasteiger partial charge is 0.226 e. The van der Waals surface area contributed by atoms with Crippen LogP contribution in [0, 0.1) is 0 Å². The van der Waals surface area contributed by atoms with Gasteiger partial charge in [0.25, 0.3) is 0 Å². The van der Waals surface area contributed by atoms with Gasteiger partial charge in [0.05, 0.1) is 6.33 Å². The Balaban J connectivity index is 1.86. The molecule has 6 nitrogen and oxygen atoms in total. The monoisotopic (exact) mass is 302 g/mol. The van der Waals surface area contributed by atoms with E-state index in [0.717, 1.165) is 22.6 Å². The molecule has 0 aliphatic heterocycles. The number of benzene rings is 1. The van der Waals surface area contributed by atoms with Crippen molar-refractivity contribution in [2.45, 2.75) is 13.5 Å². The first-order valence-corrected chi connectivity index (χ1v) is 7.07. The Morgan fingerprint density at radius 3 is 2.95 bits per heavy atom. The Labute approximate surface area is 127 Å². The number of halogens is 1. The lowest BCUT2D eigenvalue weighted by Gasteiger charge is -2.09. The van der Waals surface area contributed by atoms with Gasteiger partial charge in [-0.2, -0.15) is 9.97 Å². The lowest BCUT2D eigenvalue weighted by molar-refractivity contribution is 1.07. The van der Waals surface area contributed by atoms with Gasteiger partial charge in [-0.15, -0.1) is 0 Å². The Morgan fingerprint density at radius 2 is 2.14 bits per heavy atom. The molecule has 3 N–H and O–H groups in total. The summed E-state index contributed by atoms with van der Waals surface area (Å²) in [5, 5.41) is 7.11. The van der Waals surface area contributed by atoms with Crippen LogP contribution in [0.2, 0.25) is 5.02 Å². The number of imidazole rings is 1. The molecule has 2 heterocycles. The van der Waals surface area contributed by atoms with Crippen molar-refractivity contribution < 1.29 is 0 Å². The molecule has 0 unspecified atom stereocenters. The third-order valence-electron chi connectivity index (χ3n) is 2.97. The summed E-state index contributed by atoms with van der Waals surface area (Å²) < 4.78 is 0. The number of hydrogen-bond acceptors (Lipinski definition) is 5. The quantitative estimate of drug-likeness (QED) is 0.675. The van der Waals surface area contributed by atoms with Crippen LogP contribution in [0.15, 0.2) is 30.6 Å². The maximum absolute atomic E-state index is 5.99. The van der Waals surface area contributed by atoms with Gasteiger partial charge in [0.1, 0.15) is 5.52 Å². The SMILES string of the molecule is CCNc1nc(NCc2cccc(Cl)c2)c2[nH]cnc2n1. The molecule has 0 amide bonds. The van der Waals surface area contributed by atoms with Gasteiger partial charge in [0.2, 0.25) is 5.95 Å². The van der Waals surface area contributed by atoms with Gasteiger partial charge in [-0.3, -0.25) is 0 Å². The first kappa shape index (κ1) is 13.6. The molecule has 0 atom stereocenters. The summed E-state index contributed by atoms with van der Waals surface area (Å²) in [7, 11) is 0. The zero-order valence-corrected chi connectivity index (χ0v) is 12.3. The minimum absolute atomic E-state index is 0.561. The molecular weight excluding hydrogens is 288 g/mol. The minimum atomic E-state index is 0.561.